The van der Waals surface area contributed by atoms with E-state index in [9.17, 15) is 4.79 Å². The van der Waals surface area contributed by atoms with Gasteiger partial charge in [-0.25, -0.2) is 0 Å². The summed E-state index contributed by atoms with van der Waals surface area (Å²) in [5.41, 5.74) is 2.50. The number of fused-ring (bicyclic) bond motifs is 1. The third-order valence-electron chi connectivity index (χ3n) is 2.36. The fourth-order valence-electron chi connectivity index (χ4n) is 1.73. The van der Waals surface area contributed by atoms with E-state index < -0.39 is 0 Å². The highest BCUT2D eigenvalue weighted by molar-refractivity contribution is 5.49. The van der Waals surface area contributed by atoms with E-state index in [0.29, 0.717) is 0 Å². The molecule has 1 aliphatic rings. The number of benzene rings is 1. The topological polar surface area (TPSA) is 41.1 Å². The smallest absolute Gasteiger partial charge is 0.207 e. The van der Waals surface area contributed by atoms with Gasteiger partial charge in [-0.3, -0.25) is 4.79 Å². The highest BCUT2D eigenvalue weighted by Crippen LogP contribution is 2.20. The van der Waals surface area contributed by atoms with Crippen LogP contribution in [0.5, 0.6) is 0 Å². The number of amides is 1. The van der Waals surface area contributed by atoms with E-state index in [1.165, 1.54) is 11.1 Å². The molecule has 1 aromatic rings. The molecule has 0 spiro atoms. The molecule has 0 radical (unpaired) electrons. The number of hydrogen-bond donors (Lipinski definition) is 2. The molecule has 0 aromatic heterocycles. The summed E-state index contributed by atoms with van der Waals surface area (Å²) in [6.07, 6.45) is 0.758. The Labute approximate surface area is 77.1 Å². The first-order valence-corrected chi connectivity index (χ1v) is 4.40. The van der Waals surface area contributed by atoms with Crippen LogP contribution in [0.2, 0.25) is 0 Å². The van der Waals surface area contributed by atoms with Crippen LogP contribution in [0.4, 0.5) is 0 Å². The van der Waals surface area contributed by atoms with Gasteiger partial charge in [0.2, 0.25) is 6.41 Å². The van der Waals surface area contributed by atoms with Gasteiger partial charge in [0.15, 0.2) is 0 Å². The number of carbonyl (C=O) groups is 1. The Kier molecular flexibility index (Phi) is 2.27. The average molecular weight is 176 g/mol. The molecule has 1 heterocycles. The molecule has 13 heavy (non-hydrogen) atoms. The van der Waals surface area contributed by atoms with E-state index in [1.54, 1.807) is 0 Å². The zero-order valence-electron chi connectivity index (χ0n) is 7.29. The number of hydrogen-bond acceptors (Lipinski definition) is 2. The van der Waals surface area contributed by atoms with Crippen molar-refractivity contribution in [1.29, 1.82) is 0 Å². The Morgan fingerprint density at radius 1 is 1.46 bits per heavy atom. The van der Waals surface area contributed by atoms with Crippen molar-refractivity contribution in [2.75, 3.05) is 6.54 Å². The molecule has 0 saturated carbocycles. The van der Waals surface area contributed by atoms with Gasteiger partial charge in [0.1, 0.15) is 0 Å². The maximum absolute atomic E-state index is 10.3. The van der Waals surface area contributed by atoms with E-state index in [2.05, 4.69) is 22.8 Å². The monoisotopic (exact) mass is 176 g/mol. The second-order valence-corrected chi connectivity index (χ2v) is 3.17. The van der Waals surface area contributed by atoms with Gasteiger partial charge in [0.05, 0.1) is 6.04 Å². The van der Waals surface area contributed by atoms with Gasteiger partial charge in [0.25, 0.3) is 0 Å². The molecule has 3 heteroatoms. The second kappa shape index (κ2) is 3.58. The normalized spacial score (nSPS) is 20.5. The lowest BCUT2D eigenvalue weighted by molar-refractivity contribution is -0.110. The summed E-state index contributed by atoms with van der Waals surface area (Å²) in [7, 11) is 0. The predicted molar refractivity (Wildman–Crippen MR) is 50.1 cm³/mol. The SMILES string of the molecule is O=CNC1CNCc2ccccc21. The maximum atomic E-state index is 10.3. The fourth-order valence-corrected chi connectivity index (χ4v) is 1.73. The van der Waals surface area contributed by atoms with Gasteiger partial charge in [-0.05, 0) is 11.1 Å². The minimum atomic E-state index is 0.127. The molecule has 68 valence electrons. The van der Waals surface area contributed by atoms with Crippen molar-refractivity contribution in [1.82, 2.24) is 10.6 Å². The molecule has 1 unspecified atom stereocenters. The second-order valence-electron chi connectivity index (χ2n) is 3.17. The molecule has 1 atom stereocenters. The minimum absolute atomic E-state index is 0.127. The average Bonchev–Trinajstić information content (AvgIpc) is 2.19. The van der Waals surface area contributed by atoms with E-state index >= 15 is 0 Å². The minimum Gasteiger partial charge on any atom is -0.351 e. The third kappa shape index (κ3) is 1.55. The summed E-state index contributed by atoms with van der Waals surface area (Å²) in [6.45, 7) is 1.71. The van der Waals surface area contributed by atoms with Crippen molar-refractivity contribution < 1.29 is 4.79 Å². The maximum Gasteiger partial charge on any atom is 0.207 e. The molecular weight excluding hydrogens is 164 g/mol. The summed E-state index contributed by atoms with van der Waals surface area (Å²) in [6, 6.07) is 8.30. The molecule has 0 saturated heterocycles. The molecule has 2 N–H and O–H groups in total. The Balaban J connectivity index is 2.31. The first-order valence-electron chi connectivity index (χ1n) is 4.40. The van der Waals surface area contributed by atoms with Gasteiger partial charge >= 0.3 is 0 Å². The standard InChI is InChI=1S/C10H12N2O/c13-7-12-10-6-11-5-8-3-1-2-4-9(8)10/h1-4,7,10-11H,5-6H2,(H,12,13). The van der Waals surface area contributed by atoms with E-state index in [-0.39, 0.29) is 6.04 Å². The highest BCUT2D eigenvalue weighted by Gasteiger charge is 2.17. The van der Waals surface area contributed by atoms with Crippen molar-refractivity contribution in [3.8, 4) is 0 Å². The molecule has 2 rings (SSSR count). The summed E-state index contributed by atoms with van der Waals surface area (Å²) in [5, 5.41) is 6.05. The van der Waals surface area contributed by atoms with Crippen LogP contribution in [-0.2, 0) is 11.3 Å². The molecular formula is C10H12N2O. The van der Waals surface area contributed by atoms with Crippen LogP contribution in [0, 0.1) is 0 Å². The van der Waals surface area contributed by atoms with Crippen molar-refractivity contribution in [2.45, 2.75) is 12.6 Å². The lowest BCUT2D eigenvalue weighted by atomic mass is 9.97. The van der Waals surface area contributed by atoms with E-state index in [1.807, 2.05) is 12.1 Å². The number of nitrogens with one attached hydrogen (secondary N) is 2. The predicted octanol–water partition coefficient (Wildman–Crippen LogP) is 0.577. The van der Waals surface area contributed by atoms with Crippen molar-refractivity contribution in [3.05, 3.63) is 35.4 Å². The van der Waals surface area contributed by atoms with Gasteiger partial charge in [-0.1, -0.05) is 24.3 Å². The van der Waals surface area contributed by atoms with Gasteiger partial charge in [-0.15, -0.1) is 0 Å². The van der Waals surface area contributed by atoms with Gasteiger partial charge in [0, 0.05) is 13.1 Å². The largest absolute Gasteiger partial charge is 0.351 e. The third-order valence-corrected chi connectivity index (χ3v) is 2.36. The Hall–Kier alpha value is -1.35. The zero-order valence-corrected chi connectivity index (χ0v) is 7.29. The molecule has 0 fully saturated rings. The molecule has 3 nitrogen and oxygen atoms in total. The molecule has 0 bridgehead atoms. The lowest BCUT2D eigenvalue weighted by Gasteiger charge is -2.25. The summed E-state index contributed by atoms with van der Waals surface area (Å²) in [4.78, 5) is 10.3. The van der Waals surface area contributed by atoms with Crippen LogP contribution in [0.15, 0.2) is 24.3 Å². The van der Waals surface area contributed by atoms with Crippen LogP contribution in [0.25, 0.3) is 0 Å². The summed E-state index contributed by atoms with van der Waals surface area (Å²) < 4.78 is 0. The highest BCUT2D eigenvalue weighted by atomic mass is 16.1. The van der Waals surface area contributed by atoms with Crippen LogP contribution >= 0.6 is 0 Å². The number of rotatable bonds is 2. The van der Waals surface area contributed by atoms with Crippen molar-refractivity contribution >= 4 is 6.41 Å². The molecule has 0 aliphatic carbocycles. The van der Waals surface area contributed by atoms with Crippen LogP contribution in [-0.4, -0.2) is 13.0 Å². The Morgan fingerprint density at radius 3 is 3.15 bits per heavy atom. The summed E-state index contributed by atoms with van der Waals surface area (Å²) in [5.74, 6) is 0. The Morgan fingerprint density at radius 2 is 2.31 bits per heavy atom. The van der Waals surface area contributed by atoms with E-state index in [0.717, 1.165) is 19.5 Å². The first-order chi connectivity index (χ1) is 6.42. The van der Waals surface area contributed by atoms with Crippen LogP contribution in [0.1, 0.15) is 17.2 Å². The van der Waals surface area contributed by atoms with E-state index in [4.69, 9.17) is 0 Å². The van der Waals surface area contributed by atoms with Crippen LogP contribution < -0.4 is 10.6 Å². The first kappa shape index (κ1) is 8.26. The zero-order chi connectivity index (χ0) is 9.10. The van der Waals surface area contributed by atoms with Gasteiger partial charge in [-0.2, -0.15) is 0 Å². The lowest BCUT2D eigenvalue weighted by Crippen LogP contribution is -2.35. The van der Waals surface area contributed by atoms with Crippen molar-refractivity contribution in [3.63, 3.8) is 0 Å². The number of carbonyl (C=O) groups excluding carboxylic acids is 1. The Bertz CT molecular complexity index is 312. The van der Waals surface area contributed by atoms with Gasteiger partial charge < -0.3 is 10.6 Å². The quantitative estimate of drug-likeness (QED) is 0.647. The van der Waals surface area contributed by atoms with Crippen LogP contribution in [0.3, 0.4) is 0 Å². The van der Waals surface area contributed by atoms with Crippen molar-refractivity contribution in [2.24, 2.45) is 0 Å². The molecule has 1 aromatic carbocycles. The molecule has 1 aliphatic heterocycles. The molecule has 1 amide bonds. The summed E-state index contributed by atoms with van der Waals surface area (Å²) >= 11 is 0. The fraction of sp³-hybridized carbons (Fsp3) is 0.300.